The molecule has 0 saturated heterocycles. The van der Waals surface area contributed by atoms with Crippen LogP contribution in [0, 0.1) is 0 Å². The van der Waals surface area contributed by atoms with E-state index in [1.807, 2.05) is 24.4 Å². The Kier molecular flexibility index (Phi) is 7.17. The van der Waals surface area contributed by atoms with Gasteiger partial charge in [-0.15, -0.1) is 22.7 Å². The van der Waals surface area contributed by atoms with E-state index < -0.39 is 10.0 Å². The number of thiazole rings is 1. The van der Waals surface area contributed by atoms with Crippen LogP contribution in [0.3, 0.4) is 0 Å². The number of sulfonamides is 1. The highest BCUT2D eigenvalue weighted by Crippen LogP contribution is 2.17. The second kappa shape index (κ2) is 9.13. The van der Waals surface area contributed by atoms with Crippen LogP contribution in [0.25, 0.3) is 0 Å². The third kappa shape index (κ3) is 5.96. The molecule has 0 saturated carbocycles. The molecule has 8 nitrogen and oxygen atoms in total. The van der Waals surface area contributed by atoms with Gasteiger partial charge in [0.15, 0.2) is 11.1 Å². The molecule has 138 valence electrons. The summed E-state index contributed by atoms with van der Waals surface area (Å²) in [5, 5.41) is 10.9. The number of thiophene rings is 1. The van der Waals surface area contributed by atoms with Crippen molar-refractivity contribution in [2.24, 2.45) is 4.99 Å². The molecule has 0 fully saturated rings. The monoisotopic (exact) mass is 402 g/mol. The zero-order chi connectivity index (χ0) is 18.3. The maximum atomic E-state index is 12.0. The summed E-state index contributed by atoms with van der Waals surface area (Å²) in [7, 11) is 2.14. The molecule has 2 rings (SSSR count). The highest BCUT2D eigenvalue weighted by atomic mass is 32.2. The van der Waals surface area contributed by atoms with E-state index in [-0.39, 0.29) is 6.54 Å². The van der Waals surface area contributed by atoms with E-state index >= 15 is 0 Å². The first-order valence-corrected chi connectivity index (χ1v) is 10.8. The average molecular weight is 403 g/mol. The molecule has 0 aliphatic rings. The number of guanidine groups is 1. The lowest BCUT2D eigenvalue weighted by Gasteiger charge is -2.11. The lowest BCUT2D eigenvalue weighted by molar-refractivity contribution is 0.582. The molecule has 0 unspecified atom stereocenters. The highest BCUT2D eigenvalue weighted by Gasteiger charge is 2.13. The van der Waals surface area contributed by atoms with Crippen molar-refractivity contribution in [2.75, 3.05) is 39.1 Å². The van der Waals surface area contributed by atoms with E-state index in [0.717, 1.165) is 10.8 Å². The summed E-state index contributed by atoms with van der Waals surface area (Å²) >= 11 is 2.77. The van der Waals surface area contributed by atoms with Gasteiger partial charge < -0.3 is 15.5 Å². The number of aliphatic imine (C=N–C) groups is 1. The van der Waals surface area contributed by atoms with Gasteiger partial charge in [0.25, 0.3) is 0 Å². The second-order valence-electron chi connectivity index (χ2n) is 5.20. The molecule has 0 spiro atoms. The third-order valence-corrected chi connectivity index (χ3v) is 6.97. The van der Waals surface area contributed by atoms with Crippen molar-refractivity contribution >= 4 is 43.8 Å². The van der Waals surface area contributed by atoms with Crippen molar-refractivity contribution in [3.8, 4) is 0 Å². The minimum atomic E-state index is -3.43. The number of hydrogen-bond acceptors (Lipinski definition) is 7. The Hall–Kier alpha value is -1.69. The molecule has 2 heterocycles. The summed E-state index contributed by atoms with van der Waals surface area (Å²) in [6.45, 7) is 1.23. The normalized spacial score (nSPS) is 12.2. The fourth-order valence-electron chi connectivity index (χ4n) is 1.83. The van der Waals surface area contributed by atoms with Crippen LogP contribution in [-0.4, -0.2) is 53.6 Å². The fourth-order valence-corrected chi connectivity index (χ4v) is 4.66. The van der Waals surface area contributed by atoms with Gasteiger partial charge in [0.2, 0.25) is 10.0 Å². The number of nitrogens with one attached hydrogen (secondary N) is 3. The molecule has 0 atom stereocenters. The van der Waals surface area contributed by atoms with Gasteiger partial charge in [-0.25, -0.2) is 18.1 Å². The van der Waals surface area contributed by atoms with Crippen LogP contribution in [0.2, 0.25) is 0 Å². The Morgan fingerprint density at radius 3 is 2.68 bits per heavy atom. The van der Waals surface area contributed by atoms with Crippen molar-refractivity contribution in [2.45, 2.75) is 10.8 Å². The van der Waals surface area contributed by atoms with Gasteiger partial charge in [-0.05, 0) is 11.4 Å². The summed E-state index contributed by atoms with van der Waals surface area (Å²) in [4.78, 5) is 10.6. The van der Waals surface area contributed by atoms with Crippen LogP contribution >= 0.6 is 22.7 Å². The highest BCUT2D eigenvalue weighted by molar-refractivity contribution is 7.91. The molecule has 2 aromatic rings. The zero-order valence-corrected chi connectivity index (χ0v) is 16.8. The largest absolute Gasteiger partial charge is 0.355 e. The first-order chi connectivity index (χ1) is 11.9. The number of hydrogen-bond donors (Lipinski definition) is 3. The molecule has 2 aromatic heterocycles. The maximum Gasteiger partial charge on any atom is 0.250 e. The topological polar surface area (TPSA) is 98.7 Å². The summed E-state index contributed by atoms with van der Waals surface area (Å²) < 4.78 is 26.8. The fraction of sp³-hybridized carbons (Fsp3) is 0.429. The van der Waals surface area contributed by atoms with E-state index in [4.69, 9.17) is 0 Å². The van der Waals surface area contributed by atoms with Crippen molar-refractivity contribution in [1.29, 1.82) is 0 Å². The summed E-state index contributed by atoms with van der Waals surface area (Å²) in [5.41, 5.74) is 0.926. The minimum Gasteiger partial charge on any atom is -0.355 e. The molecular weight excluding hydrogens is 380 g/mol. The van der Waals surface area contributed by atoms with Crippen LogP contribution in [0.1, 0.15) is 5.69 Å². The molecule has 0 radical (unpaired) electrons. The smallest absolute Gasteiger partial charge is 0.250 e. The molecule has 3 N–H and O–H groups in total. The zero-order valence-electron chi connectivity index (χ0n) is 14.3. The van der Waals surface area contributed by atoms with Gasteiger partial charge in [0.05, 0.1) is 12.2 Å². The van der Waals surface area contributed by atoms with Crippen molar-refractivity contribution in [3.05, 3.63) is 28.6 Å². The van der Waals surface area contributed by atoms with Crippen LogP contribution in [0.15, 0.2) is 32.1 Å². The lowest BCUT2D eigenvalue weighted by atomic mass is 10.5. The third-order valence-electron chi connectivity index (χ3n) is 3.05. The SMILES string of the molecule is CN=C(NCCNS(=O)(=O)c1cccs1)NCc1csc(N(C)C)n1. The Morgan fingerprint density at radius 2 is 2.08 bits per heavy atom. The predicted molar refractivity (Wildman–Crippen MR) is 104 cm³/mol. The number of nitrogens with zero attached hydrogens (tertiary/aromatic N) is 3. The number of rotatable bonds is 8. The second-order valence-corrected chi connectivity index (χ2v) is 8.98. The van der Waals surface area contributed by atoms with E-state index in [2.05, 4.69) is 25.3 Å². The van der Waals surface area contributed by atoms with E-state index in [9.17, 15) is 8.42 Å². The molecular formula is C14H22N6O2S3. The van der Waals surface area contributed by atoms with Crippen LogP contribution in [0.5, 0.6) is 0 Å². The van der Waals surface area contributed by atoms with Gasteiger partial charge in [-0.2, -0.15) is 0 Å². The van der Waals surface area contributed by atoms with Gasteiger partial charge in [-0.3, -0.25) is 4.99 Å². The van der Waals surface area contributed by atoms with Crippen LogP contribution in [0.4, 0.5) is 5.13 Å². The summed E-state index contributed by atoms with van der Waals surface area (Å²) in [6, 6.07) is 3.29. The van der Waals surface area contributed by atoms with Gasteiger partial charge >= 0.3 is 0 Å². The van der Waals surface area contributed by atoms with Crippen LogP contribution in [-0.2, 0) is 16.6 Å². The van der Waals surface area contributed by atoms with Gasteiger partial charge in [-0.1, -0.05) is 6.07 Å². The molecule has 25 heavy (non-hydrogen) atoms. The first kappa shape index (κ1) is 19.6. The Labute approximate surface area is 156 Å². The minimum absolute atomic E-state index is 0.266. The van der Waals surface area contributed by atoms with Crippen LogP contribution < -0.4 is 20.3 Å². The summed E-state index contributed by atoms with van der Waals surface area (Å²) in [6.07, 6.45) is 0. The summed E-state index contributed by atoms with van der Waals surface area (Å²) in [5.74, 6) is 0.592. The van der Waals surface area contributed by atoms with Crippen molar-refractivity contribution < 1.29 is 8.42 Å². The standard InChI is InChI=1S/C14H22N6O2S3/c1-15-13(17-9-11-10-24-14(19-11)20(2)3)16-6-7-18-25(21,22)12-5-4-8-23-12/h4-5,8,10,18H,6-7,9H2,1-3H3,(H2,15,16,17). The van der Waals surface area contributed by atoms with E-state index in [1.54, 1.807) is 35.9 Å². The Morgan fingerprint density at radius 1 is 1.28 bits per heavy atom. The number of anilines is 1. The lowest BCUT2D eigenvalue weighted by Crippen LogP contribution is -2.41. The van der Waals surface area contributed by atoms with Crippen molar-refractivity contribution in [1.82, 2.24) is 20.3 Å². The maximum absolute atomic E-state index is 12.0. The predicted octanol–water partition coefficient (Wildman–Crippen LogP) is 0.914. The van der Waals surface area contributed by atoms with E-state index in [0.29, 0.717) is 23.3 Å². The van der Waals surface area contributed by atoms with Gasteiger partial charge in [0, 0.05) is 39.6 Å². The van der Waals surface area contributed by atoms with Gasteiger partial charge in [0.1, 0.15) is 4.21 Å². The Bertz CT molecular complexity index is 783. The van der Waals surface area contributed by atoms with Crippen molar-refractivity contribution in [3.63, 3.8) is 0 Å². The van der Waals surface area contributed by atoms with E-state index in [1.165, 1.54) is 11.3 Å². The average Bonchev–Trinajstić information content (AvgIpc) is 3.26. The first-order valence-electron chi connectivity index (χ1n) is 7.52. The molecule has 0 aromatic carbocycles. The number of aromatic nitrogens is 1. The molecule has 0 aliphatic carbocycles. The molecule has 0 amide bonds. The quantitative estimate of drug-likeness (QED) is 0.345. The molecule has 11 heteroatoms. The molecule has 0 bridgehead atoms. The molecule has 0 aliphatic heterocycles. The Balaban J connectivity index is 1.73.